The minimum Gasteiger partial charge on any atom is -1.00 e. The minimum atomic E-state index is -3.65. The molecule has 0 aliphatic rings. The molecule has 19 heavy (non-hydrogen) atoms. The molecule has 1 aromatic rings. The monoisotopic (exact) mass is 307 g/mol. The lowest BCUT2D eigenvalue weighted by Crippen LogP contribution is -3.00. The predicted molar refractivity (Wildman–Crippen MR) is 65.8 cm³/mol. The van der Waals surface area contributed by atoms with Crippen LogP contribution in [0.15, 0.2) is 17.0 Å². The number of methoxy groups -OCH3 is 1. The van der Waals surface area contributed by atoms with Crippen molar-refractivity contribution in [1.82, 2.24) is 0 Å². The van der Waals surface area contributed by atoms with Crippen molar-refractivity contribution in [2.24, 2.45) is 5.14 Å². The summed E-state index contributed by atoms with van der Waals surface area (Å²) in [4.78, 5) is 0.155. The Morgan fingerprint density at radius 2 is 1.58 bits per heavy atom. The highest BCUT2D eigenvalue weighted by Crippen LogP contribution is 2.28. The van der Waals surface area contributed by atoms with Gasteiger partial charge in [-0.25, -0.2) is 13.6 Å². The topological polar surface area (TPSA) is 117 Å². The number of sulfonamides is 1. The van der Waals surface area contributed by atoms with Gasteiger partial charge in [0.15, 0.2) is 0 Å². The number of hydrogen-bond donors (Lipinski definition) is 2. The number of ether oxygens (including phenoxy) is 1. The number of hydrogen-bond acceptors (Lipinski definition) is 4. The van der Waals surface area contributed by atoms with E-state index in [1.165, 1.54) is 0 Å². The molecule has 0 unspecified atom stereocenters. The lowest BCUT2D eigenvalue weighted by Gasteiger charge is -2.13. The number of nitrogens with zero attached hydrogens (tertiary/aromatic N) is 1. The van der Waals surface area contributed by atoms with Gasteiger partial charge in [-0.2, -0.15) is 0 Å². The summed E-state index contributed by atoms with van der Waals surface area (Å²) in [7, 11) is -2.06. The molecular formula is C11H18ClN3O3S. The first kappa shape index (κ1) is 20.0. The highest BCUT2D eigenvalue weighted by molar-refractivity contribution is 7.89. The van der Waals surface area contributed by atoms with Crippen molar-refractivity contribution >= 4 is 10.0 Å². The highest BCUT2D eigenvalue weighted by Gasteiger charge is 2.15. The number of rotatable bonds is 4. The second-order valence-electron chi connectivity index (χ2n) is 3.53. The van der Waals surface area contributed by atoms with E-state index >= 15 is 0 Å². The Balaban J connectivity index is 0. The summed E-state index contributed by atoms with van der Waals surface area (Å²) in [5.41, 5.74) is 1.73. The lowest BCUT2D eigenvalue weighted by atomic mass is 10.0. The first-order valence-electron chi connectivity index (χ1n) is 5.39. The fraction of sp³-hybridized carbons (Fsp3) is 0.455. The predicted octanol–water partition coefficient (Wildman–Crippen LogP) is -3.25. The molecule has 0 spiro atoms. The maximum Gasteiger partial charge on any atom is 0.238 e. The maximum atomic E-state index is 11.3. The normalized spacial score (nSPS) is 9.79. The minimum absolute atomic E-state index is 0. The summed E-state index contributed by atoms with van der Waals surface area (Å²) in [6.45, 7) is 3.90. The van der Waals surface area contributed by atoms with Gasteiger partial charge >= 0.3 is 0 Å². The molecule has 0 aromatic heterocycles. The molecule has 3 N–H and O–H groups in total. The molecule has 6 nitrogen and oxygen atoms in total. The van der Waals surface area contributed by atoms with Crippen LogP contribution in [0.25, 0.3) is 0 Å². The van der Waals surface area contributed by atoms with Crippen LogP contribution in [-0.2, 0) is 22.9 Å². The molecule has 0 aliphatic carbocycles. The lowest BCUT2D eigenvalue weighted by molar-refractivity contribution is -0.175. The molecule has 1 aromatic carbocycles. The van der Waals surface area contributed by atoms with E-state index in [-0.39, 0.29) is 17.3 Å². The molecule has 0 radical (unpaired) electrons. The van der Waals surface area contributed by atoms with Gasteiger partial charge in [-0.05, 0) is 36.1 Å². The SMILES string of the molecule is CCc1cc(S(N)(=O)=O)cc(CC)c1OC.N#[NH+].[Cl-]. The van der Waals surface area contributed by atoms with Crippen molar-refractivity contribution in [3.05, 3.63) is 23.3 Å². The van der Waals surface area contributed by atoms with Crippen LogP contribution in [0.2, 0.25) is 0 Å². The van der Waals surface area contributed by atoms with Crippen LogP contribution in [0.4, 0.5) is 0 Å². The number of benzene rings is 1. The van der Waals surface area contributed by atoms with Gasteiger partial charge in [-0.15, -0.1) is 0 Å². The standard InChI is InChI=1S/C11H17NO3S.ClH.N2/c1-4-8-6-10(16(12,13)14)7-9(5-2)11(8)15-3;;1-2/h6-7H,4-5H2,1-3H3,(H2,12,13,14);1H;. The summed E-state index contributed by atoms with van der Waals surface area (Å²) in [6, 6.07) is 3.15. The Kier molecular flexibility index (Phi) is 9.13. The van der Waals surface area contributed by atoms with Crippen LogP contribution in [0.1, 0.15) is 25.0 Å². The largest absolute Gasteiger partial charge is 1.00 e. The quantitative estimate of drug-likeness (QED) is 0.568. The third kappa shape index (κ3) is 5.03. The molecule has 0 bridgehead atoms. The molecule has 0 heterocycles. The summed E-state index contributed by atoms with van der Waals surface area (Å²) in [5.74, 6) is 0.761. The molecule has 1 rings (SSSR count). The smallest absolute Gasteiger partial charge is 0.238 e. The van der Waals surface area contributed by atoms with Crippen molar-refractivity contribution in [1.29, 1.82) is 5.39 Å². The van der Waals surface area contributed by atoms with Crippen molar-refractivity contribution < 1.29 is 31.0 Å². The second-order valence-corrected chi connectivity index (χ2v) is 5.09. The number of primary sulfonamides is 1. The summed E-state index contributed by atoms with van der Waals surface area (Å²) >= 11 is 0. The number of aryl methyl sites for hydroxylation is 2. The van der Waals surface area contributed by atoms with Crippen LogP contribution in [0.3, 0.4) is 0 Å². The van der Waals surface area contributed by atoms with E-state index in [1.807, 2.05) is 13.8 Å². The molecular weight excluding hydrogens is 290 g/mol. The zero-order valence-corrected chi connectivity index (χ0v) is 12.7. The van der Waals surface area contributed by atoms with E-state index in [0.29, 0.717) is 12.8 Å². The number of diazo groups is 1. The zero-order valence-electron chi connectivity index (χ0n) is 11.1. The molecule has 0 fully saturated rings. The second kappa shape index (κ2) is 8.69. The first-order chi connectivity index (χ1) is 8.43. The first-order valence-corrected chi connectivity index (χ1v) is 6.93. The number of nitrogens with two attached hydrogens (primary N) is 1. The van der Waals surface area contributed by atoms with E-state index in [2.05, 4.69) is 0 Å². The van der Waals surface area contributed by atoms with Gasteiger partial charge < -0.3 is 17.1 Å². The van der Waals surface area contributed by atoms with Crippen molar-refractivity contribution in [3.63, 3.8) is 0 Å². The highest BCUT2D eigenvalue weighted by atomic mass is 35.5. The Bertz CT molecular complexity index is 504. The Morgan fingerprint density at radius 1 is 1.21 bits per heavy atom. The fourth-order valence-corrected chi connectivity index (χ4v) is 2.29. The third-order valence-electron chi connectivity index (χ3n) is 2.51. The van der Waals surface area contributed by atoms with Gasteiger partial charge in [-0.1, -0.05) is 13.8 Å². The van der Waals surface area contributed by atoms with Crippen molar-refractivity contribution in [3.8, 4) is 5.75 Å². The molecule has 0 saturated carbocycles. The van der Waals surface area contributed by atoms with E-state index in [1.54, 1.807) is 19.2 Å². The average molecular weight is 308 g/mol. The van der Waals surface area contributed by atoms with Gasteiger partial charge in [0.2, 0.25) is 15.4 Å². The van der Waals surface area contributed by atoms with Crippen LogP contribution in [0.5, 0.6) is 5.75 Å². The average Bonchev–Trinajstić information content (AvgIpc) is 2.38. The van der Waals surface area contributed by atoms with E-state index in [4.69, 9.17) is 20.7 Å². The Labute approximate surface area is 119 Å². The molecule has 0 atom stereocenters. The summed E-state index contributed by atoms with van der Waals surface area (Å²) in [5, 5.41) is 16.1. The maximum absolute atomic E-state index is 11.3. The van der Waals surface area contributed by atoms with Crippen LogP contribution in [0, 0.1) is 5.39 Å². The molecule has 0 aliphatic heterocycles. The van der Waals surface area contributed by atoms with Gasteiger partial charge in [0, 0.05) is 0 Å². The molecule has 0 saturated heterocycles. The molecule has 108 valence electrons. The third-order valence-corrected chi connectivity index (χ3v) is 3.40. The van der Waals surface area contributed by atoms with Crippen molar-refractivity contribution in [2.45, 2.75) is 31.6 Å². The Hall–Kier alpha value is -1.36. The van der Waals surface area contributed by atoms with Crippen LogP contribution in [-0.4, -0.2) is 15.5 Å². The Morgan fingerprint density at radius 3 is 1.79 bits per heavy atom. The van der Waals surface area contributed by atoms with E-state index < -0.39 is 10.0 Å². The summed E-state index contributed by atoms with van der Waals surface area (Å²) in [6.07, 6.45) is 1.42. The zero-order chi connectivity index (χ0) is 14.3. The van der Waals surface area contributed by atoms with Crippen LogP contribution >= 0.6 is 0 Å². The van der Waals surface area contributed by atoms with Crippen LogP contribution < -0.4 is 27.7 Å². The number of nitrogens with one attached hydrogen (secondary N) is 1. The molecule has 8 heteroatoms. The van der Waals surface area contributed by atoms with Gasteiger partial charge in [0.05, 0.1) is 17.4 Å². The van der Waals surface area contributed by atoms with Crippen molar-refractivity contribution in [2.75, 3.05) is 7.11 Å². The van der Waals surface area contributed by atoms with Gasteiger partial charge in [-0.3, -0.25) is 0 Å². The van der Waals surface area contributed by atoms with E-state index in [0.717, 1.165) is 16.9 Å². The number of halogens is 1. The summed E-state index contributed by atoms with van der Waals surface area (Å²) < 4.78 is 27.9. The van der Waals surface area contributed by atoms with Gasteiger partial charge in [0.1, 0.15) is 5.75 Å². The van der Waals surface area contributed by atoms with E-state index in [9.17, 15) is 8.42 Å². The fourth-order valence-electron chi connectivity index (χ4n) is 1.67. The van der Waals surface area contributed by atoms with Gasteiger partial charge in [0.25, 0.3) is 0 Å². The molecule has 0 amide bonds.